The van der Waals surface area contributed by atoms with Crippen LogP contribution in [0, 0.1) is 6.92 Å². The van der Waals surface area contributed by atoms with Gasteiger partial charge in [-0.2, -0.15) is 9.97 Å². The number of hydrogen-bond donors (Lipinski definition) is 2. The fourth-order valence-electron chi connectivity index (χ4n) is 4.21. The smallest absolute Gasteiger partial charge is 0.335 e. The molecule has 10 nitrogen and oxygen atoms in total. The predicted octanol–water partition coefficient (Wildman–Crippen LogP) is 2.90. The lowest BCUT2D eigenvalue weighted by Crippen LogP contribution is -2.35. The second kappa shape index (κ2) is 7.66. The highest BCUT2D eigenvalue weighted by Crippen LogP contribution is 2.44. The Bertz CT molecular complexity index is 1200. The number of benzene rings is 1. The lowest BCUT2D eigenvalue weighted by atomic mass is 10.1. The van der Waals surface area contributed by atoms with Crippen LogP contribution in [0.2, 0.25) is 5.28 Å². The number of aliphatic carboxylic acids is 1. The Labute approximate surface area is 188 Å². The predicted molar refractivity (Wildman–Crippen MR) is 114 cm³/mol. The first kappa shape index (κ1) is 21.1. The van der Waals surface area contributed by atoms with Gasteiger partial charge in [0.2, 0.25) is 5.28 Å². The molecule has 0 amide bonds. The van der Waals surface area contributed by atoms with E-state index in [0.717, 1.165) is 11.1 Å². The first-order valence-corrected chi connectivity index (χ1v) is 10.5. The molecule has 2 fully saturated rings. The molecule has 0 spiro atoms. The third-order valence-corrected chi connectivity index (χ3v) is 5.65. The van der Waals surface area contributed by atoms with E-state index in [1.165, 1.54) is 6.33 Å². The summed E-state index contributed by atoms with van der Waals surface area (Å²) in [4.78, 5) is 24.8. The topological polar surface area (TPSA) is 121 Å². The summed E-state index contributed by atoms with van der Waals surface area (Å²) >= 11 is 6.21. The van der Waals surface area contributed by atoms with E-state index < -0.39 is 36.3 Å². The molecule has 2 saturated heterocycles. The summed E-state index contributed by atoms with van der Waals surface area (Å²) in [5.41, 5.74) is 3.12. The van der Waals surface area contributed by atoms with Gasteiger partial charge in [0.05, 0.1) is 6.33 Å². The van der Waals surface area contributed by atoms with E-state index in [9.17, 15) is 9.90 Å². The number of halogens is 1. The summed E-state index contributed by atoms with van der Waals surface area (Å²) in [6.45, 7) is 6.02. The molecule has 0 saturated carbocycles. The molecular weight excluding hydrogens is 438 g/mol. The van der Waals surface area contributed by atoms with Crippen molar-refractivity contribution < 1.29 is 24.1 Å². The van der Waals surface area contributed by atoms with Crippen molar-refractivity contribution in [2.75, 3.05) is 5.32 Å². The minimum Gasteiger partial charge on any atom is -0.479 e. The maximum Gasteiger partial charge on any atom is 0.335 e. The van der Waals surface area contributed by atoms with Crippen LogP contribution in [0.1, 0.15) is 31.2 Å². The number of nitrogens with zero attached hydrogens (tertiary/aromatic N) is 4. The van der Waals surface area contributed by atoms with Crippen LogP contribution in [0.3, 0.4) is 0 Å². The van der Waals surface area contributed by atoms with Crippen molar-refractivity contribution in [2.45, 2.75) is 57.6 Å². The Kier molecular flexibility index (Phi) is 5.05. The van der Waals surface area contributed by atoms with Crippen LogP contribution >= 0.6 is 11.6 Å². The molecule has 32 heavy (non-hydrogen) atoms. The molecule has 0 radical (unpaired) electrons. The summed E-state index contributed by atoms with van der Waals surface area (Å²) in [6, 6.07) is 8.10. The Morgan fingerprint density at radius 1 is 1.28 bits per heavy atom. The van der Waals surface area contributed by atoms with Gasteiger partial charge in [0.15, 0.2) is 35.1 Å². The largest absolute Gasteiger partial charge is 0.479 e. The van der Waals surface area contributed by atoms with Gasteiger partial charge in [-0.25, -0.2) is 9.78 Å². The number of imidazole rings is 1. The number of anilines is 1. The number of nitrogens with one attached hydrogen (secondary N) is 1. The minimum absolute atomic E-state index is 0.0271. The summed E-state index contributed by atoms with van der Waals surface area (Å²) in [5, 5.41) is 12.9. The van der Waals surface area contributed by atoms with E-state index in [2.05, 4.69) is 26.3 Å². The van der Waals surface area contributed by atoms with Gasteiger partial charge in [0, 0.05) is 6.54 Å². The van der Waals surface area contributed by atoms with Gasteiger partial charge in [0.25, 0.3) is 0 Å². The third-order valence-electron chi connectivity index (χ3n) is 5.48. The first-order chi connectivity index (χ1) is 15.2. The SMILES string of the molecule is Cc1cccc(CNc2nc(Cl)nc3c2ncn3[C@@H]2O[C@H](C(=O)O)[C@H]3OC(C)(C)O[C@H]32)c1. The zero-order valence-electron chi connectivity index (χ0n) is 17.7. The highest BCUT2D eigenvalue weighted by molar-refractivity contribution is 6.28. The second-order valence-electron chi connectivity index (χ2n) is 8.36. The van der Waals surface area contributed by atoms with Gasteiger partial charge in [-0.15, -0.1) is 0 Å². The molecule has 2 aromatic heterocycles. The van der Waals surface area contributed by atoms with E-state index in [4.69, 9.17) is 25.8 Å². The molecule has 5 rings (SSSR count). The fraction of sp³-hybridized carbons (Fsp3) is 0.429. The maximum atomic E-state index is 11.7. The molecule has 4 atom stereocenters. The standard InChI is InChI=1S/C21H22ClN5O5/c1-10-5-4-6-11(7-10)8-23-16-12-17(26-20(22)25-16)27(9-24-12)18-14-13(15(30-18)19(28)29)31-21(2,3)32-14/h4-7,9,13-15,18H,8H2,1-3H3,(H,28,29)(H,23,25,26)/t13-,14+,15-,18+/m0/s1. The van der Waals surface area contributed by atoms with E-state index in [1.807, 2.05) is 25.1 Å². The normalized spacial score (nSPS) is 26.4. The maximum absolute atomic E-state index is 11.7. The molecule has 2 aliphatic heterocycles. The van der Waals surface area contributed by atoms with Gasteiger partial charge in [-0.1, -0.05) is 29.8 Å². The molecule has 3 aromatic rings. The Morgan fingerprint density at radius 2 is 2.06 bits per heavy atom. The van der Waals surface area contributed by atoms with Crippen LogP contribution in [-0.2, 0) is 25.5 Å². The van der Waals surface area contributed by atoms with Crippen LogP contribution in [0.15, 0.2) is 30.6 Å². The summed E-state index contributed by atoms with van der Waals surface area (Å²) in [5.74, 6) is -1.59. The van der Waals surface area contributed by atoms with Crippen LogP contribution in [-0.4, -0.2) is 54.7 Å². The molecule has 2 N–H and O–H groups in total. The molecule has 1 aromatic carbocycles. The number of ether oxygens (including phenoxy) is 3. The minimum atomic E-state index is -1.18. The van der Waals surface area contributed by atoms with Crippen molar-refractivity contribution >= 4 is 34.6 Å². The van der Waals surface area contributed by atoms with Crippen molar-refractivity contribution in [1.29, 1.82) is 0 Å². The van der Waals surface area contributed by atoms with E-state index in [1.54, 1.807) is 18.4 Å². The van der Waals surface area contributed by atoms with E-state index in [-0.39, 0.29) is 5.28 Å². The lowest BCUT2D eigenvalue weighted by molar-refractivity contribution is -0.202. The van der Waals surface area contributed by atoms with Crippen molar-refractivity contribution in [1.82, 2.24) is 19.5 Å². The molecule has 2 aliphatic rings. The fourth-order valence-corrected chi connectivity index (χ4v) is 4.37. The molecular formula is C21H22ClN5O5. The monoisotopic (exact) mass is 459 g/mol. The lowest BCUT2D eigenvalue weighted by Gasteiger charge is -2.23. The number of rotatable bonds is 5. The van der Waals surface area contributed by atoms with E-state index >= 15 is 0 Å². The summed E-state index contributed by atoms with van der Waals surface area (Å²) in [7, 11) is 0. The quantitative estimate of drug-likeness (QED) is 0.554. The van der Waals surface area contributed by atoms with Crippen LogP contribution in [0.25, 0.3) is 11.2 Å². The zero-order chi connectivity index (χ0) is 22.6. The van der Waals surface area contributed by atoms with Crippen molar-refractivity contribution in [3.63, 3.8) is 0 Å². The number of carboxylic acids is 1. The number of fused-ring (bicyclic) bond motifs is 2. The number of hydrogen-bond acceptors (Lipinski definition) is 8. The summed E-state index contributed by atoms with van der Waals surface area (Å²) < 4.78 is 19.2. The highest BCUT2D eigenvalue weighted by Gasteiger charge is 2.58. The van der Waals surface area contributed by atoms with Crippen molar-refractivity contribution in [3.8, 4) is 0 Å². The van der Waals surface area contributed by atoms with Gasteiger partial charge in [0.1, 0.15) is 12.2 Å². The molecule has 0 aliphatic carbocycles. The summed E-state index contributed by atoms with van der Waals surface area (Å²) in [6.07, 6.45) is -1.88. The molecule has 4 heterocycles. The van der Waals surface area contributed by atoms with Crippen LogP contribution in [0.4, 0.5) is 5.82 Å². The Balaban J connectivity index is 1.49. The van der Waals surface area contributed by atoms with Crippen molar-refractivity contribution in [3.05, 3.63) is 47.0 Å². The molecule has 0 bridgehead atoms. The van der Waals surface area contributed by atoms with Crippen LogP contribution in [0.5, 0.6) is 0 Å². The van der Waals surface area contributed by atoms with Gasteiger partial charge >= 0.3 is 5.97 Å². The zero-order valence-corrected chi connectivity index (χ0v) is 18.4. The number of carbonyl (C=O) groups is 1. The Morgan fingerprint density at radius 3 is 2.81 bits per heavy atom. The van der Waals surface area contributed by atoms with Gasteiger partial charge < -0.3 is 24.6 Å². The van der Waals surface area contributed by atoms with Gasteiger partial charge in [-0.05, 0) is 37.9 Å². The number of carboxylic acid groups (broad SMARTS) is 1. The second-order valence-corrected chi connectivity index (χ2v) is 8.70. The molecule has 11 heteroatoms. The van der Waals surface area contributed by atoms with Gasteiger partial charge in [-0.3, -0.25) is 4.57 Å². The highest BCUT2D eigenvalue weighted by atomic mass is 35.5. The average Bonchev–Trinajstić information content (AvgIpc) is 3.36. The first-order valence-electron chi connectivity index (χ1n) is 10.2. The Hall–Kier alpha value is -2.79. The molecule has 168 valence electrons. The van der Waals surface area contributed by atoms with Crippen LogP contribution < -0.4 is 5.32 Å². The van der Waals surface area contributed by atoms with E-state index in [0.29, 0.717) is 23.5 Å². The number of aromatic nitrogens is 4. The average molecular weight is 460 g/mol. The van der Waals surface area contributed by atoms with Crippen molar-refractivity contribution in [2.24, 2.45) is 0 Å². The molecule has 0 unspecified atom stereocenters. The number of aryl methyl sites for hydroxylation is 1. The third kappa shape index (κ3) is 3.69.